The van der Waals surface area contributed by atoms with Gasteiger partial charge in [0.25, 0.3) is 0 Å². The molecule has 14 heavy (non-hydrogen) atoms. The Labute approximate surface area is 86.8 Å². The first kappa shape index (κ1) is 11.0. The molecule has 2 nitrogen and oxygen atoms in total. The highest BCUT2D eigenvalue weighted by atomic mass is 35.5. The molecule has 0 spiro atoms. The maximum absolute atomic E-state index is 13.3. The standard InChI is InChI=1S/C10H11ClFNO/c1-2-3-8(13)9-7(12)5-4-6(11)10(9)14/h2,4-5,8,14H,1,3,13H2/t8-/m0/s1. The molecular weight excluding hydrogens is 205 g/mol. The van der Waals surface area contributed by atoms with Gasteiger partial charge in [0.2, 0.25) is 0 Å². The van der Waals surface area contributed by atoms with E-state index in [9.17, 15) is 9.50 Å². The van der Waals surface area contributed by atoms with Gasteiger partial charge in [0, 0.05) is 11.6 Å². The average molecular weight is 216 g/mol. The summed E-state index contributed by atoms with van der Waals surface area (Å²) in [5.74, 6) is -0.845. The first-order valence-electron chi connectivity index (χ1n) is 4.11. The maximum Gasteiger partial charge on any atom is 0.141 e. The lowest BCUT2D eigenvalue weighted by Crippen LogP contribution is -2.11. The second-order valence-electron chi connectivity index (χ2n) is 2.92. The second-order valence-corrected chi connectivity index (χ2v) is 3.33. The molecule has 0 saturated heterocycles. The first-order chi connectivity index (χ1) is 6.57. The smallest absolute Gasteiger partial charge is 0.141 e. The van der Waals surface area contributed by atoms with Crippen LogP contribution in [0, 0.1) is 5.82 Å². The predicted octanol–water partition coefficient (Wildman–Crippen LogP) is 2.76. The van der Waals surface area contributed by atoms with Crippen molar-refractivity contribution >= 4 is 11.6 Å². The Hall–Kier alpha value is -1.06. The van der Waals surface area contributed by atoms with Crippen molar-refractivity contribution in [2.45, 2.75) is 12.5 Å². The Kier molecular flexibility index (Phi) is 3.49. The van der Waals surface area contributed by atoms with Gasteiger partial charge in [-0.05, 0) is 18.6 Å². The van der Waals surface area contributed by atoms with Crippen molar-refractivity contribution in [3.63, 3.8) is 0 Å². The van der Waals surface area contributed by atoms with Gasteiger partial charge >= 0.3 is 0 Å². The Morgan fingerprint density at radius 3 is 2.86 bits per heavy atom. The van der Waals surface area contributed by atoms with Gasteiger partial charge in [-0.1, -0.05) is 17.7 Å². The van der Waals surface area contributed by atoms with Crippen LogP contribution in [-0.4, -0.2) is 5.11 Å². The molecule has 0 fully saturated rings. The summed E-state index contributed by atoms with van der Waals surface area (Å²) in [5, 5.41) is 9.59. The van der Waals surface area contributed by atoms with E-state index >= 15 is 0 Å². The van der Waals surface area contributed by atoms with E-state index in [4.69, 9.17) is 17.3 Å². The van der Waals surface area contributed by atoms with Crippen LogP contribution in [0.5, 0.6) is 5.75 Å². The number of rotatable bonds is 3. The van der Waals surface area contributed by atoms with Gasteiger partial charge in [0.05, 0.1) is 5.02 Å². The molecule has 1 aromatic carbocycles. The average Bonchev–Trinajstić information content (AvgIpc) is 2.13. The fourth-order valence-corrected chi connectivity index (χ4v) is 1.37. The molecule has 4 heteroatoms. The number of hydrogen-bond donors (Lipinski definition) is 2. The van der Waals surface area contributed by atoms with E-state index in [0.717, 1.165) is 0 Å². The third-order valence-corrected chi connectivity index (χ3v) is 2.21. The lowest BCUT2D eigenvalue weighted by atomic mass is 10.0. The molecule has 0 radical (unpaired) electrons. The van der Waals surface area contributed by atoms with Crippen molar-refractivity contribution in [1.29, 1.82) is 0 Å². The number of halogens is 2. The monoisotopic (exact) mass is 215 g/mol. The van der Waals surface area contributed by atoms with Crippen molar-refractivity contribution in [3.8, 4) is 5.75 Å². The fourth-order valence-electron chi connectivity index (χ4n) is 1.21. The van der Waals surface area contributed by atoms with Crippen LogP contribution < -0.4 is 5.73 Å². The molecule has 1 rings (SSSR count). The van der Waals surface area contributed by atoms with Crippen molar-refractivity contribution < 1.29 is 9.50 Å². The zero-order chi connectivity index (χ0) is 10.7. The minimum absolute atomic E-state index is 0.0393. The van der Waals surface area contributed by atoms with Gasteiger partial charge in [0.15, 0.2) is 0 Å². The molecule has 76 valence electrons. The van der Waals surface area contributed by atoms with Crippen LogP contribution >= 0.6 is 11.6 Å². The number of phenolic OH excluding ortho intramolecular Hbond substituents is 1. The molecular formula is C10H11ClFNO. The van der Waals surface area contributed by atoms with E-state index in [2.05, 4.69) is 6.58 Å². The van der Waals surface area contributed by atoms with Crippen molar-refractivity contribution in [2.24, 2.45) is 5.73 Å². The topological polar surface area (TPSA) is 46.2 Å². The molecule has 1 atom stereocenters. The SMILES string of the molecule is C=CC[C@H](N)c1c(F)ccc(Cl)c1O. The van der Waals surface area contributed by atoms with E-state index in [0.29, 0.717) is 6.42 Å². The van der Waals surface area contributed by atoms with E-state index in [-0.39, 0.29) is 16.3 Å². The lowest BCUT2D eigenvalue weighted by molar-refractivity contribution is 0.449. The molecule has 0 aliphatic carbocycles. The summed E-state index contributed by atoms with van der Waals surface area (Å²) in [5.41, 5.74) is 5.69. The number of nitrogens with two attached hydrogens (primary N) is 1. The normalized spacial score (nSPS) is 12.5. The Balaban J connectivity index is 3.17. The van der Waals surface area contributed by atoms with Crippen molar-refractivity contribution in [2.75, 3.05) is 0 Å². The summed E-state index contributed by atoms with van der Waals surface area (Å²) in [6.07, 6.45) is 1.94. The van der Waals surface area contributed by atoms with Crippen molar-refractivity contribution in [3.05, 3.63) is 41.2 Å². The number of phenols is 1. The van der Waals surface area contributed by atoms with Gasteiger partial charge in [-0.25, -0.2) is 4.39 Å². The zero-order valence-electron chi connectivity index (χ0n) is 7.50. The number of aromatic hydroxyl groups is 1. The summed E-state index contributed by atoms with van der Waals surface area (Å²) in [6.45, 7) is 3.49. The molecule has 1 aromatic rings. The van der Waals surface area contributed by atoms with Gasteiger partial charge < -0.3 is 10.8 Å². The van der Waals surface area contributed by atoms with Crippen LogP contribution in [0.4, 0.5) is 4.39 Å². The van der Waals surface area contributed by atoms with E-state index in [1.807, 2.05) is 0 Å². The van der Waals surface area contributed by atoms with E-state index in [1.165, 1.54) is 12.1 Å². The number of hydrogen-bond acceptors (Lipinski definition) is 2. The number of benzene rings is 1. The highest BCUT2D eigenvalue weighted by molar-refractivity contribution is 6.32. The summed E-state index contributed by atoms with van der Waals surface area (Å²) in [6, 6.07) is 1.85. The van der Waals surface area contributed by atoms with E-state index in [1.54, 1.807) is 6.08 Å². The molecule has 0 heterocycles. The van der Waals surface area contributed by atoms with Crippen LogP contribution in [0.3, 0.4) is 0 Å². The van der Waals surface area contributed by atoms with Gasteiger partial charge in [-0.15, -0.1) is 6.58 Å². The Bertz CT molecular complexity index is 354. The molecule has 0 aliphatic heterocycles. The van der Waals surface area contributed by atoms with Crippen LogP contribution in [0.25, 0.3) is 0 Å². The molecule has 0 aliphatic rings. The van der Waals surface area contributed by atoms with Gasteiger partial charge in [-0.2, -0.15) is 0 Å². The van der Waals surface area contributed by atoms with Crippen LogP contribution in [0.15, 0.2) is 24.8 Å². The Morgan fingerprint density at radius 2 is 2.29 bits per heavy atom. The summed E-state index contributed by atoms with van der Waals surface area (Å²) in [4.78, 5) is 0. The molecule has 0 unspecified atom stereocenters. The third-order valence-electron chi connectivity index (χ3n) is 1.91. The van der Waals surface area contributed by atoms with Crippen LogP contribution in [0.2, 0.25) is 5.02 Å². The van der Waals surface area contributed by atoms with Crippen LogP contribution in [-0.2, 0) is 0 Å². The largest absolute Gasteiger partial charge is 0.506 e. The van der Waals surface area contributed by atoms with Crippen molar-refractivity contribution in [1.82, 2.24) is 0 Å². The first-order valence-corrected chi connectivity index (χ1v) is 4.49. The fraction of sp³-hybridized carbons (Fsp3) is 0.200. The highest BCUT2D eigenvalue weighted by Gasteiger charge is 2.17. The second kappa shape index (κ2) is 4.44. The molecule has 0 saturated carbocycles. The molecule has 3 N–H and O–H groups in total. The zero-order valence-corrected chi connectivity index (χ0v) is 8.26. The molecule has 0 amide bonds. The molecule has 0 aromatic heterocycles. The summed E-state index contributed by atoms with van der Waals surface area (Å²) >= 11 is 5.63. The maximum atomic E-state index is 13.3. The quantitative estimate of drug-likeness (QED) is 0.762. The van der Waals surface area contributed by atoms with Crippen LogP contribution in [0.1, 0.15) is 18.0 Å². The third kappa shape index (κ3) is 2.05. The summed E-state index contributed by atoms with van der Waals surface area (Å²) < 4.78 is 13.3. The molecule has 0 bridgehead atoms. The van der Waals surface area contributed by atoms with Gasteiger partial charge in [-0.3, -0.25) is 0 Å². The Morgan fingerprint density at radius 1 is 1.64 bits per heavy atom. The highest BCUT2D eigenvalue weighted by Crippen LogP contribution is 2.33. The lowest BCUT2D eigenvalue weighted by Gasteiger charge is -2.13. The minimum Gasteiger partial charge on any atom is -0.506 e. The predicted molar refractivity (Wildman–Crippen MR) is 54.8 cm³/mol. The summed E-state index contributed by atoms with van der Waals surface area (Å²) in [7, 11) is 0. The van der Waals surface area contributed by atoms with E-state index < -0.39 is 11.9 Å². The van der Waals surface area contributed by atoms with Gasteiger partial charge in [0.1, 0.15) is 11.6 Å². The minimum atomic E-state index is -0.619.